The number of carbonyl (C=O) groups is 3. The molecule has 0 aromatic heterocycles. The Balaban J connectivity index is 3.89. The molecule has 1 atom stereocenters. The summed E-state index contributed by atoms with van der Waals surface area (Å²) in [6.07, 6.45) is 72.6. The first-order chi connectivity index (χ1) is 35.0. The van der Waals surface area contributed by atoms with Crippen LogP contribution in [0.3, 0.4) is 0 Å². The van der Waals surface area contributed by atoms with Gasteiger partial charge in [-0.25, -0.2) is 0 Å². The van der Waals surface area contributed by atoms with Gasteiger partial charge in [-0.1, -0.05) is 308 Å². The van der Waals surface area contributed by atoms with E-state index >= 15 is 0 Å². The largest absolute Gasteiger partial charge is 0.462 e. The third-order valence-electron chi connectivity index (χ3n) is 14.5. The molecule has 71 heavy (non-hydrogen) atoms. The van der Waals surface area contributed by atoms with Crippen molar-refractivity contribution in [3.8, 4) is 0 Å². The molecule has 0 heterocycles. The molecule has 0 aromatic carbocycles. The highest BCUT2D eigenvalue weighted by Gasteiger charge is 2.19. The van der Waals surface area contributed by atoms with E-state index in [1.807, 2.05) is 0 Å². The number of allylic oxidation sites excluding steroid dienone is 4. The van der Waals surface area contributed by atoms with E-state index in [-0.39, 0.29) is 31.1 Å². The van der Waals surface area contributed by atoms with E-state index in [4.69, 9.17) is 14.2 Å². The second kappa shape index (κ2) is 60.4. The molecule has 0 fully saturated rings. The minimum Gasteiger partial charge on any atom is -0.462 e. The van der Waals surface area contributed by atoms with Gasteiger partial charge >= 0.3 is 17.9 Å². The summed E-state index contributed by atoms with van der Waals surface area (Å²) in [5.41, 5.74) is 0. The Bertz CT molecular complexity index is 1150. The van der Waals surface area contributed by atoms with E-state index in [0.717, 1.165) is 83.5 Å². The minimum absolute atomic E-state index is 0.0732. The predicted octanol–water partition coefficient (Wildman–Crippen LogP) is 21.4. The van der Waals surface area contributed by atoms with Gasteiger partial charge in [0.2, 0.25) is 0 Å². The molecule has 0 aliphatic carbocycles. The number of ether oxygens (including phenoxy) is 3. The normalized spacial score (nSPS) is 12.1. The minimum atomic E-state index is -0.772. The average molecular weight is 1000 g/mol. The molecule has 6 heteroatoms. The van der Waals surface area contributed by atoms with Crippen LogP contribution < -0.4 is 0 Å². The van der Waals surface area contributed by atoms with Crippen molar-refractivity contribution < 1.29 is 28.6 Å². The van der Waals surface area contributed by atoms with Gasteiger partial charge in [0.05, 0.1) is 0 Å². The van der Waals surface area contributed by atoms with Crippen molar-refractivity contribution in [2.45, 2.75) is 361 Å². The molecule has 0 saturated heterocycles. The van der Waals surface area contributed by atoms with Gasteiger partial charge in [-0.05, 0) is 51.4 Å². The summed E-state index contributed by atoms with van der Waals surface area (Å²) < 4.78 is 16.7. The van der Waals surface area contributed by atoms with Crippen molar-refractivity contribution in [3.63, 3.8) is 0 Å². The Labute approximate surface area is 443 Å². The Kier molecular flexibility index (Phi) is 58.6. The van der Waals surface area contributed by atoms with Crippen LogP contribution in [0.15, 0.2) is 24.3 Å². The van der Waals surface area contributed by atoms with Crippen molar-refractivity contribution in [1.82, 2.24) is 0 Å². The standard InChI is InChI=1S/C65H122O6/c1-4-7-10-13-15-17-19-21-23-25-26-27-28-29-30-31-32-33-34-35-36-37-38-39-40-42-43-45-47-49-52-55-58-64(67)70-61-62(60-69-63(66)57-54-51-12-9-6-3)71-65(68)59-56-53-50-48-46-44-41-24-22-20-18-16-14-11-8-5-2/h18,20,24,41,62H,4-17,19,21-23,25-40,42-61H2,1-3H3/b20-18-,41-24-. The van der Waals surface area contributed by atoms with Gasteiger partial charge in [0, 0.05) is 19.3 Å². The van der Waals surface area contributed by atoms with Crippen LogP contribution in [0, 0.1) is 0 Å². The second-order valence-electron chi connectivity index (χ2n) is 21.7. The third kappa shape index (κ3) is 58.7. The molecule has 0 aliphatic heterocycles. The van der Waals surface area contributed by atoms with E-state index in [9.17, 15) is 14.4 Å². The first-order valence-electron chi connectivity index (χ1n) is 31.8. The highest BCUT2D eigenvalue weighted by molar-refractivity contribution is 5.71. The topological polar surface area (TPSA) is 78.9 Å². The van der Waals surface area contributed by atoms with Crippen molar-refractivity contribution in [3.05, 3.63) is 24.3 Å². The Morgan fingerprint density at radius 1 is 0.282 bits per heavy atom. The summed E-state index contributed by atoms with van der Waals surface area (Å²) in [7, 11) is 0. The zero-order valence-corrected chi connectivity index (χ0v) is 48.0. The SMILES string of the molecule is CCCCCC/C=C\C/C=C\CCCCCCCC(=O)OC(COC(=O)CCCCCCC)COC(=O)CCCCCCCCCCCCCCCCCCCCCCCCCCCCCCCCCC. The zero-order chi connectivity index (χ0) is 51.4. The molecule has 0 N–H and O–H groups in total. The Morgan fingerprint density at radius 2 is 0.507 bits per heavy atom. The molecule has 0 saturated carbocycles. The quantitative estimate of drug-likeness (QED) is 0.0261. The second-order valence-corrected chi connectivity index (χ2v) is 21.7. The maximum atomic E-state index is 12.8. The van der Waals surface area contributed by atoms with E-state index in [0.29, 0.717) is 19.3 Å². The highest BCUT2D eigenvalue weighted by Crippen LogP contribution is 2.18. The smallest absolute Gasteiger partial charge is 0.306 e. The number of rotatable bonds is 59. The zero-order valence-electron chi connectivity index (χ0n) is 48.0. The number of unbranched alkanes of at least 4 members (excludes halogenated alkanes) is 44. The third-order valence-corrected chi connectivity index (χ3v) is 14.5. The summed E-state index contributed by atoms with van der Waals surface area (Å²) in [5, 5.41) is 0. The molecule has 0 spiro atoms. The molecule has 0 aromatic rings. The van der Waals surface area contributed by atoms with Crippen LogP contribution in [0.1, 0.15) is 355 Å². The first kappa shape index (κ1) is 68.9. The van der Waals surface area contributed by atoms with Gasteiger partial charge in [-0.15, -0.1) is 0 Å². The Hall–Kier alpha value is -2.11. The number of hydrogen-bond acceptors (Lipinski definition) is 6. The van der Waals surface area contributed by atoms with Crippen molar-refractivity contribution >= 4 is 17.9 Å². The Morgan fingerprint density at radius 3 is 0.789 bits per heavy atom. The van der Waals surface area contributed by atoms with Gasteiger partial charge in [0.1, 0.15) is 13.2 Å². The molecule has 0 radical (unpaired) electrons. The monoisotopic (exact) mass is 999 g/mol. The molecule has 0 bridgehead atoms. The van der Waals surface area contributed by atoms with Crippen molar-refractivity contribution in [1.29, 1.82) is 0 Å². The fourth-order valence-corrected chi connectivity index (χ4v) is 9.65. The molecule has 0 amide bonds. The highest BCUT2D eigenvalue weighted by atomic mass is 16.6. The summed E-state index contributed by atoms with van der Waals surface area (Å²) in [4.78, 5) is 37.8. The van der Waals surface area contributed by atoms with E-state index in [1.165, 1.54) is 231 Å². The summed E-state index contributed by atoms with van der Waals surface area (Å²) in [6.45, 7) is 6.58. The van der Waals surface area contributed by atoms with Crippen LogP contribution in [-0.2, 0) is 28.6 Å². The van der Waals surface area contributed by atoms with E-state index in [1.54, 1.807) is 0 Å². The van der Waals surface area contributed by atoms with Gasteiger partial charge in [-0.2, -0.15) is 0 Å². The van der Waals surface area contributed by atoms with Crippen LogP contribution in [0.2, 0.25) is 0 Å². The first-order valence-corrected chi connectivity index (χ1v) is 31.8. The summed E-state index contributed by atoms with van der Waals surface area (Å²) >= 11 is 0. The maximum absolute atomic E-state index is 12.8. The molecule has 1 unspecified atom stereocenters. The average Bonchev–Trinajstić information content (AvgIpc) is 3.37. The van der Waals surface area contributed by atoms with Crippen LogP contribution in [0.4, 0.5) is 0 Å². The lowest BCUT2D eigenvalue weighted by molar-refractivity contribution is -0.167. The molecule has 0 aliphatic rings. The van der Waals surface area contributed by atoms with Crippen LogP contribution in [0.25, 0.3) is 0 Å². The van der Waals surface area contributed by atoms with Crippen LogP contribution in [-0.4, -0.2) is 37.2 Å². The van der Waals surface area contributed by atoms with Gasteiger partial charge in [0.25, 0.3) is 0 Å². The van der Waals surface area contributed by atoms with Crippen LogP contribution in [0.5, 0.6) is 0 Å². The molecule has 0 rings (SSSR count). The number of carbonyl (C=O) groups excluding carboxylic acids is 3. The van der Waals surface area contributed by atoms with E-state index < -0.39 is 6.10 Å². The number of hydrogen-bond donors (Lipinski definition) is 0. The predicted molar refractivity (Wildman–Crippen MR) is 307 cm³/mol. The van der Waals surface area contributed by atoms with Crippen LogP contribution >= 0.6 is 0 Å². The van der Waals surface area contributed by atoms with E-state index in [2.05, 4.69) is 45.1 Å². The fraction of sp³-hybridized carbons (Fsp3) is 0.892. The number of esters is 3. The van der Waals surface area contributed by atoms with Gasteiger partial charge in [-0.3, -0.25) is 14.4 Å². The van der Waals surface area contributed by atoms with Crippen molar-refractivity contribution in [2.24, 2.45) is 0 Å². The van der Waals surface area contributed by atoms with Gasteiger partial charge < -0.3 is 14.2 Å². The maximum Gasteiger partial charge on any atom is 0.306 e. The van der Waals surface area contributed by atoms with Gasteiger partial charge in [0.15, 0.2) is 6.10 Å². The fourth-order valence-electron chi connectivity index (χ4n) is 9.65. The van der Waals surface area contributed by atoms with Crippen molar-refractivity contribution in [2.75, 3.05) is 13.2 Å². The molecule has 6 nitrogen and oxygen atoms in total. The lowest BCUT2D eigenvalue weighted by Gasteiger charge is -2.18. The summed E-state index contributed by atoms with van der Waals surface area (Å²) in [5.74, 6) is -0.883. The molecular formula is C65H122O6. The molecule has 418 valence electrons. The molecular weight excluding hydrogens is 877 g/mol. The summed E-state index contributed by atoms with van der Waals surface area (Å²) in [6, 6.07) is 0. The lowest BCUT2D eigenvalue weighted by atomic mass is 10.0. The lowest BCUT2D eigenvalue weighted by Crippen LogP contribution is -2.30.